The minimum atomic E-state index is -3.29. The van der Waals surface area contributed by atoms with Gasteiger partial charge in [-0.25, -0.2) is 13.1 Å². The number of piperidine rings is 1. The SMILES string of the molecule is CN1CCC(NS(=O)(=O)Cc2cccc(N)c2)CC1. The van der Waals surface area contributed by atoms with Gasteiger partial charge in [0.2, 0.25) is 10.0 Å². The number of nitrogens with two attached hydrogens (primary N) is 1. The predicted molar refractivity (Wildman–Crippen MR) is 77.1 cm³/mol. The van der Waals surface area contributed by atoms with Crippen molar-refractivity contribution >= 4 is 15.7 Å². The summed E-state index contributed by atoms with van der Waals surface area (Å²) in [5.74, 6) is -0.00954. The van der Waals surface area contributed by atoms with E-state index in [1.165, 1.54) is 0 Å². The largest absolute Gasteiger partial charge is 0.399 e. The number of likely N-dealkylation sites (tertiary alicyclic amines) is 1. The van der Waals surface area contributed by atoms with Gasteiger partial charge in [-0.15, -0.1) is 0 Å². The van der Waals surface area contributed by atoms with Crippen LogP contribution >= 0.6 is 0 Å². The van der Waals surface area contributed by atoms with E-state index in [0.717, 1.165) is 31.5 Å². The van der Waals surface area contributed by atoms with E-state index in [9.17, 15) is 8.42 Å². The van der Waals surface area contributed by atoms with Gasteiger partial charge in [0.25, 0.3) is 0 Å². The van der Waals surface area contributed by atoms with Crippen molar-refractivity contribution in [2.45, 2.75) is 24.6 Å². The standard InChI is InChI=1S/C13H21N3O2S/c1-16-7-5-13(6-8-16)15-19(17,18)10-11-3-2-4-12(14)9-11/h2-4,9,13,15H,5-8,10,14H2,1H3. The zero-order valence-electron chi connectivity index (χ0n) is 11.2. The Kier molecular flexibility index (Phi) is 4.44. The Labute approximate surface area is 114 Å². The molecule has 1 aromatic rings. The monoisotopic (exact) mass is 283 g/mol. The number of sulfonamides is 1. The Morgan fingerprint density at radius 1 is 1.37 bits per heavy atom. The Balaban J connectivity index is 1.95. The minimum Gasteiger partial charge on any atom is -0.399 e. The van der Waals surface area contributed by atoms with E-state index in [1.807, 2.05) is 0 Å². The van der Waals surface area contributed by atoms with Gasteiger partial charge < -0.3 is 10.6 Å². The van der Waals surface area contributed by atoms with E-state index < -0.39 is 10.0 Å². The molecule has 2 rings (SSSR count). The summed E-state index contributed by atoms with van der Waals surface area (Å²) >= 11 is 0. The van der Waals surface area contributed by atoms with E-state index in [0.29, 0.717) is 5.69 Å². The topological polar surface area (TPSA) is 75.4 Å². The van der Waals surface area contributed by atoms with Crippen molar-refractivity contribution in [2.24, 2.45) is 0 Å². The first kappa shape index (κ1) is 14.3. The van der Waals surface area contributed by atoms with Crippen LogP contribution in [0.15, 0.2) is 24.3 Å². The van der Waals surface area contributed by atoms with Crippen LogP contribution in [0.1, 0.15) is 18.4 Å². The van der Waals surface area contributed by atoms with Gasteiger partial charge in [0.05, 0.1) is 5.75 Å². The maximum absolute atomic E-state index is 12.1. The highest BCUT2D eigenvalue weighted by molar-refractivity contribution is 7.88. The summed E-state index contributed by atoms with van der Waals surface area (Å²) in [6.45, 7) is 1.87. The van der Waals surface area contributed by atoms with Gasteiger partial charge in [-0.3, -0.25) is 0 Å². The van der Waals surface area contributed by atoms with Crippen LogP contribution in [0.3, 0.4) is 0 Å². The molecule has 3 N–H and O–H groups in total. The summed E-state index contributed by atoms with van der Waals surface area (Å²) < 4.78 is 27.0. The minimum absolute atomic E-state index is 0.00954. The lowest BCUT2D eigenvalue weighted by Gasteiger charge is -2.29. The summed E-state index contributed by atoms with van der Waals surface area (Å²) in [5, 5.41) is 0. The maximum Gasteiger partial charge on any atom is 0.216 e. The number of nitrogens with zero attached hydrogens (tertiary/aromatic N) is 1. The second kappa shape index (κ2) is 5.90. The molecule has 6 heteroatoms. The number of hydrogen-bond donors (Lipinski definition) is 2. The van der Waals surface area contributed by atoms with E-state index in [2.05, 4.69) is 16.7 Å². The number of rotatable bonds is 4. The molecule has 0 bridgehead atoms. The number of hydrogen-bond acceptors (Lipinski definition) is 4. The average molecular weight is 283 g/mol. The number of nitrogens with one attached hydrogen (secondary N) is 1. The van der Waals surface area contributed by atoms with Crippen LogP contribution in [-0.4, -0.2) is 39.5 Å². The molecular weight excluding hydrogens is 262 g/mol. The van der Waals surface area contributed by atoms with E-state index >= 15 is 0 Å². The van der Waals surface area contributed by atoms with Gasteiger partial charge in [-0.05, 0) is 50.7 Å². The van der Waals surface area contributed by atoms with Crippen LogP contribution in [0.5, 0.6) is 0 Å². The van der Waals surface area contributed by atoms with Crippen LogP contribution < -0.4 is 10.5 Å². The lowest BCUT2D eigenvalue weighted by molar-refractivity contribution is 0.248. The molecule has 1 aromatic carbocycles. The molecular formula is C13H21N3O2S. The number of benzene rings is 1. The summed E-state index contributed by atoms with van der Waals surface area (Å²) in [4.78, 5) is 2.21. The fraction of sp³-hybridized carbons (Fsp3) is 0.538. The molecule has 0 atom stereocenters. The summed E-state index contributed by atoms with van der Waals surface area (Å²) in [5.41, 5.74) is 6.97. The predicted octanol–water partition coefficient (Wildman–Crippen LogP) is 0.782. The van der Waals surface area contributed by atoms with E-state index in [4.69, 9.17) is 5.73 Å². The zero-order chi connectivity index (χ0) is 13.9. The van der Waals surface area contributed by atoms with Crippen molar-refractivity contribution in [3.05, 3.63) is 29.8 Å². The van der Waals surface area contributed by atoms with E-state index in [-0.39, 0.29) is 11.8 Å². The quantitative estimate of drug-likeness (QED) is 0.801. The molecule has 1 saturated heterocycles. The second-order valence-electron chi connectivity index (χ2n) is 5.20. The Bertz CT molecular complexity index is 522. The van der Waals surface area contributed by atoms with Crippen LogP contribution in [0, 0.1) is 0 Å². The highest BCUT2D eigenvalue weighted by atomic mass is 32.2. The fourth-order valence-corrected chi connectivity index (χ4v) is 3.77. The fourth-order valence-electron chi connectivity index (χ4n) is 2.32. The summed E-state index contributed by atoms with van der Waals surface area (Å²) in [7, 11) is -1.24. The van der Waals surface area contributed by atoms with Gasteiger partial charge >= 0.3 is 0 Å². The van der Waals surface area contributed by atoms with Gasteiger partial charge in [-0.2, -0.15) is 0 Å². The Morgan fingerprint density at radius 3 is 2.68 bits per heavy atom. The van der Waals surface area contributed by atoms with Gasteiger partial charge in [0.1, 0.15) is 0 Å². The number of anilines is 1. The van der Waals surface area contributed by atoms with Crippen LogP contribution in [0.2, 0.25) is 0 Å². The third-order valence-corrected chi connectivity index (χ3v) is 4.78. The smallest absolute Gasteiger partial charge is 0.216 e. The van der Waals surface area contributed by atoms with Crippen molar-refractivity contribution in [3.8, 4) is 0 Å². The molecule has 1 heterocycles. The van der Waals surface area contributed by atoms with Crippen molar-refractivity contribution in [2.75, 3.05) is 25.9 Å². The molecule has 0 aromatic heterocycles. The van der Waals surface area contributed by atoms with Crippen molar-refractivity contribution in [1.82, 2.24) is 9.62 Å². The lowest BCUT2D eigenvalue weighted by atomic mass is 10.1. The third kappa shape index (κ3) is 4.49. The molecule has 1 fully saturated rings. The maximum atomic E-state index is 12.1. The molecule has 0 aliphatic carbocycles. The normalized spacial score (nSPS) is 18.6. The first-order valence-electron chi connectivity index (χ1n) is 6.47. The molecule has 0 amide bonds. The van der Waals surface area contributed by atoms with Crippen molar-refractivity contribution in [3.63, 3.8) is 0 Å². The molecule has 0 radical (unpaired) electrons. The molecule has 106 valence electrons. The second-order valence-corrected chi connectivity index (χ2v) is 6.95. The molecule has 19 heavy (non-hydrogen) atoms. The summed E-state index contributed by atoms with van der Waals surface area (Å²) in [6.07, 6.45) is 1.74. The first-order chi connectivity index (χ1) is 8.94. The van der Waals surface area contributed by atoms with Gasteiger partial charge in [0.15, 0.2) is 0 Å². The van der Waals surface area contributed by atoms with Gasteiger partial charge in [0, 0.05) is 11.7 Å². The zero-order valence-corrected chi connectivity index (χ0v) is 12.0. The van der Waals surface area contributed by atoms with Crippen LogP contribution in [0.4, 0.5) is 5.69 Å². The highest BCUT2D eigenvalue weighted by Crippen LogP contribution is 2.13. The van der Waals surface area contributed by atoms with Crippen LogP contribution in [0.25, 0.3) is 0 Å². The molecule has 5 nitrogen and oxygen atoms in total. The Morgan fingerprint density at radius 2 is 2.05 bits per heavy atom. The molecule has 0 saturated carbocycles. The molecule has 1 aliphatic rings. The number of nitrogen functional groups attached to an aromatic ring is 1. The van der Waals surface area contributed by atoms with Crippen molar-refractivity contribution in [1.29, 1.82) is 0 Å². The Hall–Kier alpha value is -1.11. The molecule has 0 spiro atoms. The molecule has 0 unspecified atom stereocenters. The first-order valence-corrected chi connectivity index (χ1v) is 8.13. The van der Waals surface area contributed by atoms with Crippen molar-refractivity contribution < 1.29 is 8.42 Å². The highest BCUT2D eigenvalue weighted by Gasteiger charge is 2.22. The lowest BCUT2D eigenvalue weighted by Crippen LogP contribution is -2.43. The van der Waals surface area contributed by atoms with Crippen LogP contribution in [-0.2, 0) is 15.8 Å². The average Bonchev–Trinajstić information content (AvgIpc) is 2.31. The van der Waals surface area contributed by atoms with E-state index in [1.54, 1.807) is 24.3 Å². The summed E-state index contributed by atoms with van der Waals surface area (Å²) in [6, 6.07) is 7.07. The van der Waals surface area contributed by atoms with Gasteiger partial charge in [-0.1, -0.05) is 12.1 Å². The third-order valence-electron chi connectivity index (χ3n) is 3.37. The molecule has 1 aliphatic heterocycles.